The minimum absolute atomic E-state index is 0.245. The molecule has 1 heterocycles. The Balaban J connectivity index is 2.13. The van der Waals surface area contributed by atoms with E-state index in [1.54, 1.807) is 0 Å². The lowest BCUT2D eigenvalue weighted by Gasteiger charge is -2.31. The molecule has 1 atom stereocenters. The molecular formula is C20H12F9NO2. The summed E-state index contributed by atoms with van der Waals surface area (Å²) in [6.45, 7) is 0. The molecule has 0 fully saturated rings. The third-order valence-corrected chi connectivity index (χ3v) is 4.83. The first-order valence-corrected chi connectivity index (χ1v) is 8.72. The van der Waals surface area contributed by atoms with Gasteiger partial charge in [0, 0.05) is 22.7 Å². The molecule has 0 amide bonds. The molecule has 3 nitrogen and oxygen atoms in total. The molecule has 0 radical (unpaired) electrons. The van der Waals surface area contributed by atoms with E-state index < -0.39 is 53.0 Å². The van der Waals surface area contributed by atoms with Crippen molar-refractivity contribution in [2.45, 2.75) is 30.6 Å². The van der Waals surface area contributed by atoms with Crippen molar-refractivity contribution in [3.63, 3.8) is 0 Å². The van der Waals surface area contributed by atoms with E-state index in [4.69, 9.17) is 0 Å². The molecule has 3 aromatic rings. The maximum atomic E-state index is 13.8. The van der Waals surface area contributed by atoms with Crippen LogP contribution < -0.4 is 0 Å². The second-order valence-electron chi connectivity index (χ2n) is 7.03. The van der Waals surface area contributed by atoms with Gasteiger partial charge < -0.3 is 10.1 Å². The van der Waals surface area contributed by atoms with Gasteiger partial charge in [0.15, 0.2) is 11.4 Å². The Labute approximate surface area is 173 Å². The van der Waals surface area contributed by atoms with Gasteiger partial charge in [0.1, 0.15) is 0 Å². The van der Waals surface area contributed by atoms with Crippen molar-refractivity contribution < 1.29 is 49.4 Å². The SMILES string of the molecule is O=C(CC(O)(c1cc(C(F)(F)F)cc(C(F)(F)F)c1)C(F)(F)F)c1ccc2[nH]ccc2c1. The average molecular weight is 469 g/mol. The molecule has 0 bridgehead atoms. The fourth-order valence-corrected chi connectivity index (χ4v) is 3.12. The molecule has 2 aromatic carbocycles. The van der Waals surface area contributed by atoms with E-state index in [1.807, 2.05) is 0 Å². The highest BCUT2D eigenvalue weighted by Gasteiger charge is 2.57. The number of nitrogens with one attached hydrogen (secondary N) is 1. The van der Waals surface area contributed by atoms with E-state index in [-0.39, 0.29) is 23.8 Å². The van der Waals surface area contributed by atoms with Crippen LogP contribution in [0.4, 0.5) is 39.5 Å². The monoisotopic (exact) mass is 469 g/mol. The van der Waals surface area contributed by atoms with Crippen molar-refractivity contribution in [3.05, 3.63) is 70.9 Å². The molecule has 0 aliphatic heterocycles. The van der Waals surface area contributed by atoms with Crippen LogP contribution in [0.3, 0.4) is 0 Å². The Morgan fingerprint density at radius 1 is 0.781 bits per heavy atom. The van der Waals surface area contributed by atoms with E-state index in [0.29, 0.717) is 10.9 Å². The average Bonchev–Trinajstić information content (AvgIpc) is 3.13. The molecule has 2 N–H and O–H groups in total. The number of carbonyl (C=O) groups is 1. The van der Waals surface area contributed by atoms with Crippen LogP contribution in [0.25, 0.3) is 10.9 Å². The number of carbonyl (C=O) groups excluding carboxylic acids is 1. The number of aromatic amines is 1. The van der Waals surface area contributed by atoms with Crippen molar-refractivity contribution in [1.29, 1.82) is 0 Å². The van der Waals surface area contributed by atoms with Gasteiger partial charge in [-0.15, -0.1) is 0 Å². The topological polar surface area (TPSA) is 53.1 Å². The zero-order valence-corrected chi connectivity index (χ0v) is 15.6. The highest BCUT2D eigenvalue weighted by Crippen LogP contribution is 2.46. The van der Waals surface area contributed by atoms with Crippen molar-refractivity contribution in [3.8, 4) is 0 Å². The normalized spacial score (nSPS) is 15.1. The number of aliphatic hydroxyl groups is 1. The zero-order valence-electron chi connectivity index (χ0n) is 15.6. The summed E-state index contributed by atoms with van der Waals surface area (Å²) >= 11 is 0. The number of aromatic nitrogens is 1. The molecule has 1 unspecified atom stereocenters. The van der Waals surface area contributed by atoms with Gasteiger partial charge in [-0.1, -0.05) is 0 Å². The van der Waals surface area contributed by atoms with Crippen LogP contribution in [-0.2, 0) is 18.0 Å². The number of hydrogen-bond acceptors (Lipinski definition) is 2. The number of alkyl halides is 9. The summed E-state index contributed by atoms with van der Waals surface area (Å²) in [5.74, 6) is -1.33. The fourth-order valence-electron chi connectivity index (χ4n) is 3.12. The first-order valence-electron chi connectivity index (χ1n) is 8.72. The maximum absolute atomic E-state index is 13.8. The van der Waals surface area contributed by atoms with Gasteiger partial charge in [-0.05, 0) is 48.0 Å². The van der Waals surface area contributed by atoms with E-state index in [2.05, 4.69) is 4.98 Å². The van der Waals surface area contributed by atoms with Crippen LogP contribution in [0.2, 0.25) is 0 Å². The quantitative estimate of drug-likeness (QED) is 0.352. The molecule has 1 aromatic heterocycles. The van der Waals surface area contributed by atoms with Crippen molar-refractivity contribution >= 4 is 16.7 Å². The van der Waals surface area contributed by atoms with Gasteiger partial charge in [0.2, 0.25) is 0 Å². The van der Waals surface area contributed by atoms with E-state index in [0.717, 1.165) is 6.07 Å². The Hall–Kier alpha value is -3.02. The number of halogens is 9. The lowest BCUT2D eigenvalue weighted by molar-refractivity contribution is -0.265. The number of Topliss-reactive ketones (excluding diaryl/α,β-unsaturated/α-hetero) is 1. The molecule has 0 aliphatic carbocycles. The van der Waals surface area contributed by atoms with Crippen LogP contribution in [0, 0.1) is 0 Å². The second-order valence-corrected chi connectivity index (χ2v) is 7.03. The van der Waals surface area contributed by atoms with Gasteiger partial charge in [-0.25, -0.2) is 0 Å². The number of fused-ring (bicyclic) bond motifs is 1. The molecule has 0 aliphatic rings. The molecule has 0 saturated heterocycles. The van der Waals surface area contributed by atoms with Crippen LogP contribution >= 0.6 is 0 Å². The van der Waals surface area contributed by atoms with Gasteiger partial charge in [0.05, 0.1) is 17.5 Å². The summed E-state index contributed by atoms with van der Waals surface area (Å²) in [6.07, 6.45) is -17.0. The zero-order chi connectivity index (χ0) is 24.1. The van der Waals surface area contributed by atoms with Gasteiger partial charge in [-0.3, -0.25) is 4.79 Å². The van der Waals surface area contributed by atoms with E-state index in [9.17, 15) is 49.4 Å². The summed E-state index contributed by atoms with van der Waals surface area (Å²) in [6, 6.07) is 4.27. The summed E-state index contributed by atoms with van der Waals surface area (Å²) < 4.78 is 120. The number of hydrogen-bond donors (Lipinski definition) is 2. The van der Waals surface area contributed by atoms with Gasteiger partial charge in [-0.2, -0.15) is 39.5 Å². The van der Waals surface area contributed by atoms with Crippen LogP contribution in [0.15, 0.2) is 48.7 Å². The highest BCUT2D eigenvalue weighted by atomic mass is 19.4. The summed E-state index contributed by atoms with van der Waals surface area (Å²) in [5, 5.41) is 10.7. The minimum atomic E-state index is -5.77. The predicted octanol–water partition coefficient (Wildman–Crippen LogP) is 6.23. The molecule has 3 rings (SSSR count). The first kappa shape index (κ1) is 23.6. The molecule has 0 saturated carbocycles. The standard InChI is InChI=1S/C20H12F9NO2/c21-18(22,23)13-6-12(7-14(8-13)19(24,25)26)17(32,20(27,28)29)9-16(31)11-1-2-15-10(5-11)3-4-30-15/h1-8,30,32H,9H2. The highest BCUT2D eigenvalue weighted by molar-refractivity contribution is 6.00. The van der Waals surface area contributed by atoms with Crippen molar-refractivity contribution in [1.82, 2.24) is 4.98 Å². The third-order valence-electron chi connectivity index (χ3n) is 4.83. The van der Waals surface area contributed by atoms with Gasteiger partial charge in [0.25, 0.3) is 0 Å². The summed E-state index contributed by atoms with van der Waals surface area (Å²) in [7, 11) is 0. The Morgan fingerprint density at radius 2 is 1.31 bits per heavy atom. The first-order chi connectivity index (χ1) is 14.5. The molecular weight excluding hydrogens is 457 g/mol. The maximum Gasteiger partial charge on any atom is 0.421 e. The van der Waals surface area contributed by atoms with Gasteiger partial charge >= 0.3 is 18.5 Å². The Morgan fingerprint density at radius 3 is 1.81 bits per heavy atom. The van der Waals surface area contributed by atoms with Crippen molar-refractivity contribution in [2.75, 3.05) is 0 Å². The smallest absolute Gasteiger partial charge is 0.376 e. The summed E-state index contributed by atoms with van der Waals surface area (Å²) in [4.78, 5) is 15.3. The number of benzene rings is 2. The summed E-state index contributed by atoms with van der Waals surface area (Å²) in [5.41, 5.74) is -9.94. The molecule has 0 spiro atoms. The lowest BCUT2D eigenvalue weighted by atomic mass is 9.84. The minimum Gasteiger partial charge on any atom is -0.376 e. The van der Waals surface area contributed by atoms with E-state index in [1.165, 1.54) is 24.4 Å². The van der Waals surface area contributed by atoms with Crippen LogP contribution in [0.5, 0.6) is 0 Å². The Bertz CT molecular complexity index is 1130. The van der Waals surface area contributed by atoms with Crippen molar-refractivity contribution in [2.24, 2.45) is 0 Å². The Kier molecular flexibility index (Phi) is 5.57. The fraction of sp³-hybridized carbons (Fsp3) is 0.250. The number of H-pyrrole nitrogens is 1. The number of ketones is 1. The van der Waals surface area contributed by atoms with Crippen LogP contribution in [0.1, 0.15) is 33.5 Å². The molecule has 32 heavy (non-hydrogen) atoms. The van der Waals surface area contributed by atoms with E-state index >= 15 is 0 Å². The second kappa shape index (κ2) is 7.54. The largest absolute Gasteiger partial charge is 0.421 e. The lowest BCUT2D eigenvalue weighted by Crippen LogP contribution is -2.44. The third kappa shape index (κ3) is 4.45. The molecule has 172 valence electrons. The van der Waals surface area contributed by atoms with Crippen LogP contribution in [-0.4, -0.2) is 22.1 Å². The molecule has 12 heteroatoms. The number of rotatable bonds is 4. The predicted molar refractivity (Wildman–Crippen MR) is 93.6 cm³/mol.